The first-order valence-corrected chi connectivity index (χ1v) is 7.17. The average molecular weight is 268 g/mol. The lowest BCUT2D eigenvalue weighted by molar-refractivity contribution is -0.151. The van der Waals surface area contributed by atoms with Crippen LogP contribution >= 0.6 is 0 Å². The Morgan fingerprint density at radius 3 is 2.63 bits per heavy atom. The molecule has 0 spiro atoms. The van der Waals surface area contributed by atoms with Crippen molar-refractivity contribution in [2.24, 2.45) is 11.8 Å². The summed E-state index contributed by atoms with van der Waals surface area (Å²) in [5.41, 5.74) is -0.693. The number of amides is 1. The predicted molar refractivity (Wildman–Crippen MR) is 71.7 cm³/mol. The van der Waals surface area contributed by atoms with Gasteiger partial charge in [-0.1, -0.05) is 13.3 Å². The van der Waals surface area contributed by atoms with E-state index >= 15 is 0 Å². The molecule has 1 saturated carbocycles. The van der Waals surface area contributed by atoms with Crippen molar-refractivity contribution in [1.29, 1.82) is 0 Å². The maximum Gasteiger partial charge on any atom is 0.326 e. The summed E-state index contributed by atoms with van der Waals surface area (Å²) < 4.78 is 0. The van der Waals surface area contributed by atoms with E-state index in [9.17, 15) is 14.7 Å². The lowest BCUT2D eigenvalue weighted by Gasteiger charge is -2.33. The quantitative estimate of drug-likeness (QED) is 0.800. The van der Waals surface area contributed by atoms with Crippen LogP contribution in [0.4, 0.5) is 0 Å². The van der Waals surface area contributed by atoms with Crippen LogP contribution < -0.4 is 5.32 Å². The molecular formula is C14H24N2O3. The maximum atomic E-state index is 12.6. The molecule has 5 nitrogen and oxygen atoms in total. The van der Waals surface area contributed by atoms with Gasteiger partial charge in [-0.2, -0.15) is 0 Å². The molecule has 0 radical (unpaired) electrons. The van der Waals surface area contributed by atoms with E-state index in [1.54, 1.807) is 4.90 Å². The van der Waals surface area contributed by atoms with E-state index in [0.29, 0.717) is 19.0 Å². The fourth-order valence-electron chi connectivity index (χ4n) is 3.71. The molecule has 5 heteroatoms. The summed E-state index contributed by atoms with van der Waals surface area (Å²) >= 11 is 0. The van der Waals surface area contributed by atoms with Crippen molar-refractivity contribution in [2.75, 3.05) is 13.1 Å². The zero-order valence-electron chi connectivity index (χ0n) is 12.0. The fourth-order valence-corrected chi connectivity index (χ4v) is 3.71. The SMILES string of the molecule is CCNC(C)(C)C(=O)N1CC2CCCC2C1C(=O)O. The van der Waals surface area contributed by atoms with Gasteiger partial charge in [0.2, 0.25) is 5.91 Å². The molecule has 108 valence electrons. The first-order chi connectivity index (χ1) is 8.88. The molecule has 1 aliphatic heterocycles. The van der Waals surface area contributed by atoms with Gasteiger partial charge in [0.15, 0.2) is 0 Å². The summed E-state index contributed by atoms with van der Waals surface area (Å²) in [6.45, 7) is 6.90. The number of likely N-dealkylation sites (N-methyl/N-ethyl adjacent to an activating group) is 1. The molecule has 19 heavy (non-hydrogen) atoms. The molecule has 3 atom stereocenters. The van der Waals surface area contributed by atoms with Crippen molar-refractivity contribution in [3.8, 4) is 0 Å². The molecular weight excluding hydrogens is 244 g/mol. The average Bonchev–Trinajstić information content (AvgIpc) is 2.85. The highest BCUT2D eigenvalue weighted by atomic mass is 16.4. The number of carbonyl (C=O) groups is 2. The molecule has 3 unspecified atom stereocenters. The zero-order chi connectivity index (χ0) is 14.2. The van der Waals surface area contributed by atoms with Gasteiger partial charge in [0.25, 0.3) is 0 Å². The Hall–Kier alpha value is -1.10. The van der Waals surface area contributed by atoms with E-state index in [-0.39, 0.29) is 11.8 Å². The summed E-state index contributed by atoms with van der Waals surface area (Å²) in [5, 5.41) is 12.6. The lowest BCUT2D eigenvalue weighted by atomic mass is 9.94. The standard InChI is InChI=1S/C14H24N2O3/c1-4-15-14(2,3)13(19)16-8-9-6-5-7-10(9)11(16)12(17)18/h9-11,15H,4-8H2,1-3H3,(H,17,18). The van der Waals surface area contributed by atoms with Gasteiger partial charge in [-0.3, -0.25) is 4.79 Å². The Balaban J connectivity index is 2.19. The van der Waals surface area contributed by atoms with Crippen LogP contribution in [0, 0.1) is 11.8 Å². The third kappa shape index (κ3) is 2.48. The number of carboxylic acid groups (broad SMARTS) is 1. The molecule has 1 heterocycles. The monoisotopic (exact) mass is 268 g/mol. The minimum absolute atomic E-state index is 0.0869. The molecule has 0 bridgehead atoms. The van der Waals surface area contributed by atoms with Crippen molar-refractivity contribution in [3.63, 3.8) is 0 Å². The minimum atomic E-state index is -0.852. The Labute approximate surface area is 114 Å². The van der Waals surface area contributed by atoms with Gasteiger partial charge in [-0.05, 0) is 45.1 Å². The van der Waals surface area contributed by atoms with Gasteiger partial charge in [-0.15, -0.1) is 0 Å². The molecule has 2 N–H and O–H groups in total. The first-order valence-electron chi connectivity index (χ1n) is 7.17. The molecule has 2 rings (SSSR count). The Morgan fingerprint density at radius 1 is 1.37 bits per heavy atom. The van der Waals surface area contributed by atoms with Crippen LogP contribution in [0.1, 0.15) is 40.0 Å². The molecule has 1 saturated heterocycles. The van der Waals surface area contributed by atoms with Gasteiger partial charge in [0, 0.05) is 6.54 Å². The van der Waals surface area contributed by atoms with Crippen molar-refractivity contribution >= 4 is 11.9 Å². The summed E-state index contributed by atoms with van der Waals surface area (Å²) in [6, 6.07) is -0.627. The number of carbonyl (C=O) groups excluding carboxylic acids is 1. The highest BCUT2D eigenvalue weighted by Gasteiger charge is 2.51. The van der Waals surface area contributed by atoms with Crippen LogP contribution in [-0.4, -0.2) is 46.6 Å². The third-order valence-electron chi connectivity index (χ3n) is 4.56. The smallest absolute Gasteiger partial charge is 0.326 e. The predicted octanol–water partition coefficient (Wildman–Crippen LogP) is 1.09. The topological polar surface area (TPSA) is 69.6 Å². The molecule has 1 amide bonds. The van der Waals surface area contributed by atoms with Crippen LogP contribution in [0.3, 0.4) is 0 Å². The number of carboxylic acids is 1. The summed E-state index contributed by atoms with van der Waals surface area (Å²) in [5.74, 6) is -0.410. The van der Waals surface area contributed by atoms with Gasteiger partial charge in [0.1, 0.15) is 6.04 Å². The molecule has 2 aliphatic rings. The number of rotatable bonds is 4. The highest BCUT2D eigenvalue weighted by molar-refractivity contribution is 5.90. The minimum Gasteiger partial charge on any atom is -0.480 e. The zero-order valence-corrected chi connectivity index (χ0v) is 12.0. The van der Waals surface area contributed by atoms with Crippen molar-refractivity contribution < 1.29 is 14.7 Å². The van der Waals surface area contributed by atoms with E-state index in [0.717, 1.165) is 19.3 Å². The van der Waals surface area contributed by atoms with E-state index in [4.69, 9.17) is 0 Å². The van der Waals surface area contributed by atoms with Crippen molar-refractivity contribution in [2.45, 2.75) is 51.6 Å². The Morgan fingerprint density at radius 2 is 2.05 bits per heavy atom. The number of fused-ring (bicyclic) bond motifs is 1. The van der Waals surface area contributed by atoms with Crippen LogP contribution in [-0.2, 0) is 9.59 Å². The third-order valence-corrected chi connectivity index (χ3v) is 4.56. The van der Waals surface area contributed by atoms with Crippen LogP contribution in [0.5, 0.6) is 0 Å². The summed E-state index contributed by atoms with van der Waals surface area (Å²) in [7, 11) is 0. The highest BCUT2D eigenvalue weighted by Crippen LogP contribution is 2.42. The van der Waals surface area contributed by atoms with E-state index < -0.39 is 17.6 Å². The van der Waals surface area contributed by atoms with Crippen LogP contribution in [0.15, 0.2) is 0 Å². The Kier molecular flexibility index (Phi) is 3.85. The number of likely N-dealkylation sites (tertiary alicyclic amines) is 1. The number of hydrogen-bond donors (Lipinski definition) is 2. The molecule has 0 aromatic carbocycles. The molecule has 1 aliphatic carbocycles. The van der Waals surface area contributed by atoms with Crippen LogP contribution in [0.25, 0.3) is 0 Å². The summed E-state index contributed by atoms with van der Waals surface area (Å²) in [6.07, 6.45) is 3.09. The molecule has 0 aromatic heterocycles. The van der Waals surface area contributed by atoms with Crippen molar-refractivity contribution in [1.82, 2.24) is 10.2 Å². The maximum absolute atomic E-state index is 12.6. The number of hydrogen-bond acceptors (Lipinski definition) is 3. The van der Waals surface area contributed by atoms with E-state index in [1.165, 1.54) is 0 Å². The van der Waals surface area contributed by atoms with E-state index in [2.05, 4.69) is 5.32 Å². The van der Waals surface area contributed by atoms with Gasteiger partial charge in [0.05, 0.1) is 5.54 Å². The first kappa shape index (κ1) is 14.3. The van der Waals surface area contributed by atoms with Crippen molar-refractivity contribution in [3.05, 3.63) is 0 Å². The second-order valence-corrected chi connectivity index (χ2v) is 6.25. The number of nitrogens with one attached hydrogen (secondary N) is 1. The summed E-state index contributed by atoms with van der Waals surface area (Å²) in [4.78, 5) is 25.7. The van der Waals surface area contributed by atoms with Crippen LogP contribution in [0.2, 0.25) is 0 Å². The van der Waals surface area contributed by atoms with Gasteiger partial charge in [-0.25, -0.2) is 4.79 Å². The van der Waals surface area contributed by atoms with Gasteiger partial charge >= 0.3 is 5.97 Å². The number of nitrogens with zero attached hydrogens (tertiary/aromatic N) is 1. The second-order valence-electron chi connectivity index (χ2n) is 6.25. The molecule has 0 aromatic rings. The largest absolute Gasteiger partial charge is 0.480 e. The fraction of sp³-hybridized carbons (Fsp3) is 0.857. The second kappa shape index (κ2) is 5.12. The normalized spacial score (nSPS) is 30.5. The lowest BCUT2D eigenvalue weighted by Crippen LogP contribution is -2.57. The Bertz CT molecular complexity index is 381. The molecule has 2 fully saturated rings. The van der Waals surface area contributed by atoms with E-state index in [1.807, 2.05) is 20.8 Å². The number of aliphatic carboxylic acids is 1. The van der Waals surface area contributed by atoms with Gasteiger partial charge < -0.3 is 15.3 Å².